The molecule has 126 valence electrons. The summed E-state index contributed by atoms with van der Waals surface area (Å²) in [6.45, 7) is 2.70. The van der Waals surface area contributed by atoms with E-state index in [0.717, 1.165) is 42.1 Å². The van der Waals surface area contributed by atoms with Crippen LogP contribution < -0.4 is 4.74 Å². The number of nitrogens with zero attached hydrogens (tertiary/aromatic N) is 2. The maximum Gasteiger partial charge on any atom is 0.264 e. The lowest BCUT2D eigenvalue weighted by Gasteiger charge is -2.35. The molecule has 4 rings (SSSR count). The fourth-order valence-corrected chi connectivity index (χ4v) is 4.46. The van der Waals surface area contributed by atoms with Crippen LogP contribution in [0.25, 0.3) is 0 Å². The monoisotopic (exact) mass is 346 g/mol. The molecule has 1 aromatic heterocycles. The number of aromatic nitrogens is 1. The second kappa shape index (κ2) is 6.16. The van der Waals surface area contributed by atoms with Gasteiger partial charge in [0.05, 0.1) is 6.04 Å². The van der Waals surface area contributed by atoms with Gasteiger partial charge in [-0.25, -0.2) is 9.37 Å². The van der Waals surface area contributed by atoms with Crippen molar-refractivity contribution in [2.45, 2.75) is 44.8 Å². The number of ether oxygens (including phenoxy) is 1. The zero-order chi connectivity index (χ0) is 16.7. The quantitative estimate of drug-likeness (QED) is 0.834. The average molecular weight is 346 g/mol. The first kappa shape index (κ1) is 15.6. The van der Waals surface area contributed by atoms with Gasteiger partial charge in [-0.05, 0) is 44.4 Å². The number of likely N-dealkylation sites (tertiary alicyclic amines) is 1. The highest BCUT2D eigenvalue weighted by Crippen LogP contribution is 2.36. The molecule has 0 saturated carbocycles. The number of halogens is 1. The van der Waals surface area contributed by atoms with E-state index >= 15 is 0 Å². The van der Waals surface area contributed by atoms with E-state index in [0.29, 0.717) is 12.2 Å². The third-order valence-corrected chi connectivity index (χ3v) is 5.74. The van der Waals surface area contributed by atoms with E-state index in [9.17, 15) is 9.18 Å². The lowest BCUT2D eigenvalue weighted by Crippen LogP contribution is -2.45. The zero-order valence-electron chi connectivity index (χ0n) is 13.5. The predicted octanol–water partition coefficient (Wildman–Crippen LogP) is 3.65. The summed E-state index contributed by atoms with van der Waals surface area (Å²) in [5, 5.41) is 3.03. The molecule has 0 radical (unpaired) electrons. The van der Waals surface area contributed by atoms with Crippen molar-refractivity contribution in [1.29, 1.82) is 0 Å². The molecule has 24 heavy (non-hydrogen) atoms. The number of aryl methyl sites for hydroxylation is 1. The van der Waals surface area contributed by atoms with Gasteiger partial charge < -0.3 is 9.64 Å². The first-order valence-electron chi connectivity index (χ1n) is 8.29. The number of hydrogen-bond donors (Lipinski definition) is 0. The molecule has 0 unspecified atom stereocenters. The van der Waals surface area contributed by atoms with Gasteiger partial charge in [0.25, 0.3) is 5.91 Å². The maximum absolute atomic E-state index is 13.4. The third kappa shape index (κ3) is 2.79. The van der Waals surface area contributed by atoms with Gasteiger partial charge in [-0.15, -0.1) is 11.3 Å². The van der Waals surface area contributed by atoms with Crippen LogP contribution >= 0.6 is 11.3 Å². The Morgan fingerprint density at radius 2 is 2.29 bits per heavy atom. The molecular weight excluding hydrogens is 327 g/mol. The number of hydrogen-bond acceptors (Lipinski definition) is 4. The predicted molar refractivity (Wildman–Crippen MR) is 89.7 cm³/mol. The molecule has 2 atom stereocenters. The fourth-order valence-electron chi connectivity index (χ4n) is 3.52. The summed E-state index contributed by atoms with van der Waals surface area (Å²) in [6.07, 6.45) is 2.92. The van der Waals surface area contributed by atoms with Gasteiger partial charge in [-0.3, -0.25) is 4.79 Å². The van der Waals surface area contributed by atoms with Crippen LogP contribution in [0.4, 0.5) is 4.39 Å². The van der Waals surface area contributed by atoms with E-state index < -0.39 is 6.10 Å². The van der Waals surface area contributed by atoms with Gasteiger partial charge in [0.1, 0.15) is 16.6 Å². The van der Waals surface area contributed by atoms with E-state index in [2.05, 4.69) is 4.98 Å². The summed E-state index contributed by atoms with van der Waals surface area (Å²) < 4.78 is 19.2. The number of amides is 1. The Hall–Kier alpha value is -1.95. The molecule has 1 aromatic carbocycles. The van der Waals surface area contributed by atoms with Crippen LogP contribution in [0.1, 0.15) is 41.6 Å². The first-order valence-corrected chi connectivity index (χ1v) is 9.17. The number of carbonyl (C=O) groups is 1. The van der Waals surface area contributed by atoms with E-state index in [1.807, 2.05) is 17.2 Å². The molecule has 6 heteroatoms. The maximum atomic E-state index is 13.4. The number of rotatable bonds is 2. The van der Waals surface area contributed by atoms with Crippen molar-refractivity contribution in [3.63, 3.8) is 0 Å². The van der Waals surface area contributed by atoms with Crippen molar-refractivity contribution in [1.82, 2.24) is 9.88 Å². The van der Waals surface area contributed by atoms with Crippen LogP contribution in [-0.2, 0) is 11.2 Å². The molecule has 0 spiro atoms. The van der Waals surface area contributed by atoms with Gasteiger partial charge in [-0.1, -0.05) is 0 Å². The number of benzene rings is 1. The summed E-state index contributed by atoms with van der Waals surface area (Å²) >= 11 is 1.61. The topological polar surface area (TPSA) is 42.4 Å². The Morgan fingerprint density at radius 1 is 1.42 bits per heavy atom. The molecular formula is C18H19FN2O2S. The average Bonchev–Trinajstić information content (AvgIpc) is 3.20. The number of piperidine rings is 1. The van der Waals surface area contributed by atoms with Crippen molar-refractivity contribution in [2.75, 3.05) is 6.54 Å². The van der Waals surface area contributed by atoms with E-state index in [1.54, 1.807) is 17.4 Å². The molecule has 0 bridgehead atoms. The lowest BCUT2D eigenvalue weighted by molar-refractivity contribution is -0.142. The Labute approximate surface area is 144 Å². The van der Waals surface area contributed by atoms with Crippen molar-refractivity contribution in [3.05, 3.63) is 45.7 Å². The second-order valence-corrected chi connectivity index (χ2v) is 7.32. The summed E-state index contributed by atoms with van der Waals surface area (Å²) in [4.78, 5) is 19.5. The van der Waals surface area contributed by atoms with Crippen LogP contribution in [0.2, 0.25) is 0 Å². The van der Waals surface area contributed by atoms with Gasteiger partial charge in [-0.2, -0.15) is 0 Å². The van der Waals surface area contributed by atoms with E-state index in [1.165, 1.54) is 12.1 Å². The summed E-state index contributed by atoms with van der Waals surface area (Å²) in [6, 6.07) is 4.47. The van der Waals surface area contributed by atoms with Crippen molar-refractivity contribution in [3.8, 4) is 5.75 Å². The van der Waals surface area contributed by atoms with Gasteiger partial charge in [0.2, 0.25) is 0 Å². The molecule has 0 aliphatic carbocycles. The molecule has 1 saturated heterocycles. The van der Waals surface area contributed by atoms with E-state index in [4.69, 9.17) is 4.74 Å². The molecule has 0 N–H and O–H groups in total. The smallest absolute Gasteiger partial charge is 0.264 e. The molecule has 2 aromatic rings. The Morgan fingerprint density at radius 3 is 3.08 bits per heavy atom. The minimum Gasteiger partial charge on any atom is -0.480 e. The highest BCUT2D eigenvalue weighted by atomic mass is 32.1. The SMILES string of the molecule is Cc1csc([C@H]2CCCCN2C(=O)[C@@H]2Cc3cc(F)ccc3O2)n1. The van der Waals surface area contributed by atoms with Crippen molar-refractivity contribution >= 4 is 17.2 Å². The first-order chi connectivity index (χ1) is 11.6. The van der Waals surface area contributed by atoms with Crippen LogP contribution in [-0.4, -0.2) is 28.4 Å². The number of carbonyl (C=O) groups excluding carboxylic acids is 1. The molecule has 3 heterocycles. The number of thiazole rings is 1. The summed E-state index contributed by atoms with van der Waals surface area (Å²) in [5.41, 5.74) is 1.76. The van der Waals surface area contributed by atoms with Crippen LogP contribution in [0.5, 0.6) is 5.75 Å². The molecule has 2 aliphatic rings. The van der Waals surface area contributed by atoms with Crippen molar-refractivity contribution < 1.29 is 13.9 Å². The van der Waals surface area contributed by atoms with E-state index in [-0.39, 0.29) is 17.8 Å². The van der Waals surface area contributed by atoms with Crippen LogP contribution in [0.15, 0.2) is 23.6 Å². The Bertz CT molecular complexity index is 776. The van der Waals surface area contributed by atoms with Gasteiger partial charge in [0.15, 0.2) is 6.10 Å². The Kier molecular flexibility index (Phi) is 4.00. The standard InChI is InChI=1S/C18H19FN2O2S/c1-11-10-24-17(20-11)14-4-2-3-7-21(14)18(22)16-9-12-8-13(19)5-6-15(12)23-16/h5-6,8,10,14,16H,2-4,7,9H2,1H3/t14-,16+/m1/s1. The van der Waals surface area contributed by atoms with Crippen LogP contribution in [0.3, 0.4) is 0 Å². The van der Waals surface area contributed by atoms with Gasteiger partial charge >= 0.3 is 0 Å². The lowest BCUT2D eigenvalue weighted by atomic mass is 10.0. The largest absolute Gasteiger partial charge is 0.480 e. The van der Waals surface area contributed by atoms with Crippen molar-refractivity contribution in [2.24, 2.45) is 0 Å². The molecule has 1 fully saturated rings. The Balaban J connectivity index is 1.55. The van der Waals surface area contributed by atoms with Crippen LogP contribution in [0, 0.1) is 12.7 Å². The number of fused-ring (bicyclic) bond motifs is 1. The fraction of sp³-hybridized carbons (Fsp3) is 0.444. The van der Waals surface area contributed by atoms with Gasteiger partial charge in [0, 0.05) is 29.6 Å². The third-order valence-electron chi connectivity index (χ3n) is 4.68. The zero-order valence-corrected chi connectivity index (χ0v) is 14.3. The minimum atomic E-state index is -0.552. The highest BCUT2D eigenvalue weighted by Gasteiger charge is 2.37. The normalized spacial score (nSPS) is 23.0. The molecule has 4 nitrogen and oxygen atoms in total. The summed E-state index contributed by atoms with van der Waals surface area (Å²) in [7, 11) is 0. The molecule has 1 amide bonds. The second-order valence-electron chi connectivity index (χ2n) is 6.43. The minimum absolute atomic E-state index is 0.0100. The molecule has 2 aliphatic heterocycles. The highest BCUT2D eigenvalue weighted by molar-refractivity contribution is 7.09. The summed E-state index contributed by atoms with van der Waals surface area (Å²) in [5.74, 6) is 0.317.